The summed E-state index contributed by atoms with van der Waals surface area (Å²) >= 11 is 0. The Labute approximate surface area is 132 Å². The van der Waals surface area contributed by atoms with Crippen LogP contribution in [0.15, 0.2) is 23.1 Å². The summed E-state index contributed by atoms with van der Waals surface area (Å²) in [6.45, 7) is 5.69. The molecule has 2 aliphatic rings. The smallest absolute Gasteiger partial charge is 0.243 e. The van der Waals surface area contributed by atoms with Gasteiger partial charge in [0, 0.05) is 31.6 Å². The molecule has 0 amide bonds. The van der Waals surface area contributed by atoms with E-state index in [0.717, 1.165) is 17.7 Å². The summed E-state index contributed by atoms with van der Waals surface area (Å²) in [4.78, 5) is 0.378. The number of ether oxygens (including phenoxy) is 1. The molecule has 0 spiro atoms. The van der Waals surface area contributed by atoms with E-state index in [2.05, 4.69) is 5.32 Å². The molecule has 5 nitrogen and oxygen atoms in total. The molecule has 21 heavy (non-hydrogen) atoms. The minimum atomic E-state index is -3.41. The van der Waals surface area contributed by atoms with Crippen molar-refractivity contribution >= 4 is 22.4 Å². The Balaban J connectivity index is 0.00000161. The zero-order valence-corrected chi connectivity index (χ0v) is 13.8. The third-order valence-corrected chi connectivity index (χ3v) is 5.65. The Morgan fingerprint density at radius 2 is 1.90 bits per heavy atom. The molecule has 1 fully saturated rings. The minimum Gasteiger partial charge on any atom is -0.493 e. The molecule has 2 heterocycles. The van der Waals surface area contributed by atoms with Gasteiger partial charge in [0.05, 0.1) is 11.5 Å². The van der Waals surface area contributed by atoms with Crippen molar-refractivity contribution in [2.24, 2.45) is 0 Å². The summed E-state index contributed by atoms with van der Waals surface area (Å²) in [6.07, 6.45) is 0.785. The number of fused-ring (bicyclic) bond motifs is 1. The van der Waals surface area contributed by atoms with Gasteiger partial charge in [-0.1, -0.05) is 0 Å². The van der Waals surface area contributed by atoms with E-state index in [4.69, 9.17) is 4.74 Å². The third-order valence-electron chi connectivity index (χ3n) is 3.82. The molecule has 0 aliphatic carbocycles. The van der Waals surface area contributed by atoms with Gasteiger partial charge in [-0.2, -0.15) is 4.31 Å². The molecule has 1 N–H and O–H groups in total. The van der Waals surface area contributed by atoms with Crippen LogP contribution in [0, 0.1) is 0 Å². The summed E-state index contributed by atoms with van der Waals surface area (Å²) in [5, 5.41) is 3.35. The van der Waals surface area contributed by atoms with E-state index in [1.807, 2.05) is 13.8 Å². The molecule has 2 atom stereocenters. The minimum absolute atomic E-state index is 0. The SMILES string of the molecule is CC1CN(S(=O)(=O)c2ccc3c(c2)CCO3)CC(C)N1.Cl. The average Bonchev–Trinajstić information content (AvgIpc) is 2.84. The Morgan fingerprint density at radius 1 is 1.24 bits per heavy atom. The van der Waals surface area contributed by atoms with E-state index in [-0.39, 0.29) is 24.5 Å². The topological polar surface area (TPSA) is 58.6 Å². The van der Waals surface area contributed by atoms with Crippen LogP contribution in [0.1, 0.15) is 19.4 Å². The van der Waals surface area contributed by atoms with Crippen LogP contribution in [0.25, 0.3) is 0 Å². The number of rotatable bonds is 2. The molecule has 1 aromatic rings. The zero-order valence-electron chi connectivity index (χ0n) is 12.2. The number of hydrogen-bond acceptors (Lipinski definition) is 4. The molecule has 0 saturated carbocycles. The summed E-state index contributed by atoms with van der Waals surface area (Å²) in [5.74, 6) is 0.811. The highest BCUT2D eigenvalue weighted by molar-refractivity contribution is 7.89. The van der Waals surface area contributed by atoms with Crippen LogP contribution in [0.5, 0.6) is 5.75 Å². The van der Waals surface area contributed by atoms with Crippen LogP contribution in [0.2, 0.25) is 0 Å². The van der Waals surface area contributed by atoms with E-state index in [1.54, 1.807) is 22.5 Å². The zero-order chi connectivity index (χ0) is 14.3. The van der Waals surface area contributed by atoms with Crippen molar-refractivity contribution in [1.29, 1.82) is 0 Å². The van der Waals surface area contributed by atoms with Gasteiger partial charge < -0.3 is 10.1 Å². The van der Waals surface area contributed by atoms with E-state index >= 15 is 0 Å². The van der Waals surface area contributed by atoms with Gasteiger partial charge in [-0.3, -0.25) is 0 Å². The lowest BCUT2D eigenvalue weighted by Crippen LogP contribution is -2.55. The van der Waals surface area contributed by atoms with Crippen LogP contribution < -0.4 is 10.1 Å². The molecule has 0 aromatic heterocycles. The second-order valence-corrected chi connectivity index (χ2v) is 7.60. The van der Waals surface area contributed by atoms with Crippen molar-refractivity contribution in [2.75, 3.05) is 19.7 Å². The van der Waals surface area contributed by atoms with Crippen molar-refractivity contribution in [2.45, 2.75) is 37.2 Å². The van der Waals surface area contributed by atoms with Crippen molar-refractivity contribution in [1.82, 2.24) is 9.62 Å². The molecule has 3 rings (SSSR count). The Bertz CT molecular complexity index is 611. The number of nitrogens with zero attached hydrogens (tertiary/aromatic N) is 1. The molecule has 0 bridgehead atoms. The van der Waals surface area contributed by atoms with Gasteiger partial charge in [-0.15, -0.1) is 12.4 Å². The molecular formula is C14H21ClN2O3S. The molecule has 118 valence electrons. The van der Waals surface area contributed by atoms with Crippen molar-refractivity contribution in [3.05, 3.63) is 23.8 Å². The molecule has 0 radical (unpaired) electrons. The second kappa shape index (κ2) is 6.12. The van der Waals surface area contributed by atoms with Crippen LogP contribution >= 0.6 is 12.4 Å². The van der Waals surface area contributed by atoms with Crippen molar-refractivity contribution in [3.63, 3.8) is 0 Å². The summed E-state index contributed by atoms with van der Waals surface area (Å²) < 4.78 is 32.5. The number of nitrogens with one attached hydrogen (secondary N) is 1. The number of sulfonamides is 1. The lowest BCUT2D eigenvalue weighted by molar-refractivity contribution is 0.263. The highest BCUT2D eigenvalue weighted by Gasteiger charge is 2.32. The number of halogens is 1. The van der Waals surface area contributed by atoms with Gasteiger partial charge >= 0.3 is 0 Å². The van der Waals surface area contributed by atoms with Gasteiger partial charge in [0.15, 0.2) is 0 Å². The van der Waals surface area contributed by atoms with Gasteiger partial charge in [0.25, 0.3) is 0 Å². The molecule has 2 aliphatic heterocycles. The van der Waals surface area contributed by atoms with E-state index in [9.17, 15) is 8.42 Å². The quantitative estimate of drug-likeness (QED) is 0.889. The summed E-state index contributed by atoms with van der Waals surface area (Å²) in [7, 11) is -3.41. The third kappa shape index (κ3) is 3.18. The predicted molar refractivity (Wildman–Crippen MR) is 83.7 cm³/mol. The van der Waals surface area contributed by atoms with Crippen LogP contribution in [-0.4, -0.2) is 44.5 Å². The maximum atomic E-state index is 12.7. The fourth-order valence-electron chi connectivity index (χ4n) is 2.95. The molecule has 1 saturated heterocycles. The maximum absolute atomic E-state index is 12.7. The molecule has 2 unspecified atom stereocenters. The normalized spacial score (nSPS) is 25.8. The Hall–Kier alpha value is -0.820. The summed E-state index contributed by atoms with van der Waals surface area (Å²) in [5.41, 5.74) is 0.988. The second-order valence-electron chi connectivity index (χ2n) is 5.66. The highest BCUT2D eigenvalue weighted by Crippen LogP contribution is 2.29. The molecular weight excluding hydrogens is 312 g/mol. The van der Waals surface area contributed by atoms with Gasteiger partial charge in [-0.05, 0) is 37.6 Å². The standard InChI is InChI=1S/C14H20N2O3S.ClH/c1-10-8-16(9-11(2)15-10)20(17,18)13-3-4-14-12(7-13)5-6-19-14;/h3-4,7,10-11,15H,5-6,8-9H2,1-2H3;1H. The van der Waals surface area contributed by atoms with E-state index in [0.29, 0.717) is 24.6 Å². The van der Waals surface area contributed by atoms with Crippen LogP contribution in [0.4, 0.5) is 0 Å². The van der Waals surface area contributed by atoms with Crippen molar-refractivity contribution < 1.29 is 13.2 Å². The summed E-state index contributed by atoms with van der Waals surface area (Å²) in [6, 6.07) is 5.52. The highest BCUT2D eigenvalue weighted by atomic mass is 35.5. The van der Waals surface area contributed by atoms with Crippen LogP contribution in [-0.2, 0) is 16.4 Å². The first kappa shape index (κ1) is 16.5. The van der Waals surface area contributed by atoms with Crippen molar-refractivity contribution in [3.8, 4) is 5.75 Å². The Morgan fingerprint density at radius 3 is 2.57 bits per heavy atom. The fourth-order valence-corrected chi connectivity index (χ4v) is 4.61. The number of hydrogen-bond donors (Lipinski definition) is 1. The fraction of sp³-hybridized carbons (Fsp3) is 0.571. The lowest BCUT2D eigenvalue weighted by atomic mass is 10.2. The lowest BCUT2D eigenvalue weighted by Gasteiger charge is -2.35. The predicted octanol–water partition coefficient (Wildman–Crippen LogP) is 1.41. The molecule has 7 heteroatoms. The molecule has 1 aromatic carbocycles. The monoisotopic (exact) mass is 332 g/mol. The van der Waals surface area contributed by atoms with Gasteiger partial charge in [0.1, 0.15) is 5.75 Å². The first-order chi connectivity index (χ1) is 9.46. The van der Waals surface area contributed by atoms with E-state index < -0.39 is 10.0 Å². The number of piperazine rings is 1. The first-order valence-corrected chi connectivity index (χ1v) is 8.43. The van der Waals surface area contributed by atoms with Crippen LogP contribution in [0.3, 0.4) is 0 Å². The Kier molecular flexibility index (Phi) is 4.82. The first-order valence-electron chi connectivity index (χ1n) is 6.99. The van der Waals surface area contributed by atoms with Gasteiger partial charge in [-0.25, -0.2) is 8.42 Å². The average molecular weight is 333 g/mol. The largest absolute Gasteiger partial charge is 0.493 e. The van der Waals surface area contributed by atoms with Gasteiger partial charge in [0.2, 0.25) is 10.0 Å². The van der Waals surface area contributed by atoms with E-state index in [1.165, 1.54) is 0 Å². The number of benzene rings is 1. The maximum Gasteiger partial charge on any atom is 0.243 e.